The number of aliphatic hydroxyl groups is 1. The Morgan fingerprint density at radius 2 is 1.54 bits per heavy atom. The zero-order chi connectivity index (χ0) is 29.1. The van der Waals surface area contributed by atoms with E-state index in [1.165, 1.54) is 6.92 Å². The maximum absolute atomic E-state index is 13.3. The highest BCUT2D eigenvalue weighted by Crippen LogP contribution is 2.19. The Labute approximate surface area is 228 Å². The highest BCUT2D eigenvalue weighted by molar-refractivity contribution is 5.94. The molecule has 0 radical (unpaired) electrons. The van der Waals surface area contributed by atoms with E-state index in [-0.39, 0.29) is 25.2 Å². The number of hydrogen-bond donors (Lipinski definition) is 8. The molecule has 0 saturated carbocycles. The first-order chi connectivity index (χ1) is 18.4. The van der Waals surface area contributed by atoms with Crippen molar-refractivity contribution in [2.24, 2.45) is 17.4 Å². The molecule has 216 valence electrons. The molecule has 10 N–H and O–H groups in total. The van der Waals surface area contributed by atoms with Crippen LogP contribution in [0.3, 0.4) is 0 Å². The molecule has 0 spiro atoms. The van der Waals surface area contributed by atoms with Crippen molar-refractivity contribution in [3.05, 3.63) is 36.0 Å². The Morgan fingerprint density at radius 1 is 0.923 bits per heavy atom. The molecule has 12 heteroatoms. The van der Waals surface area contributed by atoms with Gasteiger partial charge in [0.25, 0.3) is 0 Å². The molecule has 2 aromatic rings. The number of nitrogens with two attached hydrogens (primary N) is 2. The summed E-state index contributed by atoms with van der Waals surface area (Å²) in [4.78, 5) is 54.1. The number of amides is 3. The number of aromatic amines is 1. The fraction of sp³-hybridized carbons (Fsp3) is 0.556. The van der Waals surface area contributed by atoms with Crippen molar-refractivity contribution in [1.82, 2.24) is 20.9 Å². The quantitative estimate of drug-likeness (QED) is 0.135. The number of benzene rings is 1. The fourth-order valence-corrected chi connectivity index (χ4v) is 4.22. The molecule has 0 aliphatic heterocycles. The van der Waals surface area contributed by atoms with Crippen LogP contribution in [-0.4, -0.2) is 75.7 Å². The smallest absolute Gasteiger partial charge is 0.326 e. The zero-order valence-electron chi connectivity index (χ0n) is 22.8. The zero-order valence-corrected chi connectivity index (χ0v) is 22.8. The SMILES string of the molecule is CC(C)CC(NC(=O)C(CCCCN)NC(=O)C(N)C(C)O)C(=O)NC(Cc1c[nH]c2ccccc12)C(=O)O. The molecule has 39 heavy (non-hydrogen) atoms. The lowest BCUT2D eigenvalue weighted by atomic mass is 10.00. The minimum absolute atomic E-state index is 0.00751. The van der Waals surface area contributed by atoms with Gasteiger partial charge >= 0.3 is 5.97 Å². The standard InChI is InChI=1S/C27H42N6O6/c1-15(2)12-21(32-24(35)20(10-6-7-11-28)31-26(37)23(29)16(3)34)25(36)33-22(27(38)39)13-17-14-30-19-9-5-4-8-18(17)19/h4-5,8-9,14-16,20-23,30,34H,6-7,10-13,28-29H2,1-3H3,(H,31,37)(H,32,35)(H,33,36)(H,38,39). The van der Waals surface area contributed by atoms with Gasteiger partial charge in [0.2, 0.25) is 17.7 Å². The summed E-state index contributed by atoms with van der Waals surface area (Å²) in [5.74, 6) is -3.17. The Balaban J connectivity index is 2.18. The molecule has 0 fully saturated rings. The van der Waals surface area contributed by atoms with E-state index < -0.39 is 54.0 Å². The van der Waals surface area contributed by atoms with E-state index in [1.54, 1.807) is 6.20 Å². The molecule has 5 unspecified atom stereocenters. The van der Waals surface area contributed by atoms with E-state index in [1.807, 2.05) is 38.1 Å². The molecule has 2 rings (SSSR count). The van der Waals surface area contributed by atoms with Crippen molar-refractivity contribution < 1.29 is 29.4 Å². The van der Waals surface area contributed by atoms with Gasteiger partial charge in [-0.05, 0) is 56.7 Å². The highest BCUT2D eigenvalue weighted by atomic mass is 16.4. The van der Waals surface area contributed by atoms with Gasteiger partial charge in [-0.15, -0.1) is 0 Å². The van der Waals surface area contributed by atoms with Gasteiger partial charge in [0.15, 0.2) is 0 Å². The van der Waals surface area contributed by atoms with Crippen molar-refractivity contribution in [2.75, 3.05) is 6.54 Å². The first-order valence-electron chi connectivity index (χ1n) is 13.3. The second kappa shape index (κ2) is 15.2. The van der Waals surface area contributed by atoms with Gasteiger partial charge in [-0.1, -0.05) is 32.0 Å². The number of H-pyrrole nitrogens is 1. The molecule has 12 nitrogen and oxygen atoms in total. The summed E-state index contributed by atoms with van der Waals surface area (Å²) in [6.45, 7) is 5.51. The Morgan fingerprint density at radius 3 is 2.15 bits per heavy atom. The van der Waals surface area contributed by atoms with Crippen molar-refractivity contribution in [3.63, 3.8) is 0 Å². The van der Waals surface area contributed by atoms with Crippen LogP contribution in [0.25, 0.3) is 10.9 Å². The van der Waals surface area contributed by atoms with Gasteiger partial charge in [-0.25, -0.2) is 4.79 Å². The molecule has 1 aromatic carbocycles. The summed E-state index contributed by atoms with van der Waals surface area (Å²) >= 11 is 0. The number of carbonyl (C=O) groups is 4. The first kappa shape index (κ1) is 31.7. The Hall–Kier alpha value is -3.48. The molecule has 0 saturated heterocycles. The summed E-state index contributed by atoms with van der Waals surface area (Å²) in [6.07, 6.45) is 2.28. The number of aliphatic hydroxyl groups excluding tert-OH is 1. The van der Waals surface area contributed by atoms with Gasteiger partial charge in [-0.2, -0.15) is 0 Å². The number of carboxylic acids is 1. The number of aromatic nitrogens is 1. The van der Waals surface area contributed by atoms with E-state index in [2.05, 4.69) is 20.9 Å². The van der Waals surface area contributed by atoms with Crippen molar-refractivity contribution in [1.29, 1.82) is 0 Å². The third-order valence-corrected chi connectivity index (χ3v) is 6.46. The lowest BCUT2D eigenvalue weighted by Crippen LogP contribution is -2.58. The van der Waals surface area contributed by atoms with Gasteiger partial charge in [-0.3, -0.25) is 14.4 Å². The van der Waals surface area contributed by atoms with Gasteiger partial charge in [0, 0.05) is 23.5 Å². The predicted molar refractivity (Wildman–Crippen MR) is 147 cm³/mol. The summed E-state index contributed by atoms with van der Waals surface area (Å²) < 4.78 is 0. The topological polar surface area (TPSA) is 213 Å². The normalized spacial score (nSPS) is 15.3. The molecule has 5 atom stereocenters. The van der Waals surface area contributed by atoms with Crippen LogP contribution in [0.15, 0.2) is 30.5 Å². The van der Waals surface area contributed by atoms with Crippen LogP contribution in [-0.2, 0) is 25.6 Å². The Kier molecular flexibility index (Phi) is 12.4. The maximum Gasteiger partial charge on any atom is 0.326 e. The van der Waals surface area contributed by atoms with E-state index >= 15 is 0 Å². The summed E-state index contributed by atoms with van der Waals surface area (Å²) in [5, 5.41) is 28.2. The summed E-state index contributed by atoms with van der Waals surface area (Å²) in [7, 11) is 0. The van der Waals surface area contributed by atoms with Crippen LogP contribution in [0.5, 0.6) is 0 Å². The van der Waals surface area contributed by atoms with Crippen molar-refractivity contribution in [2.45, 2.75) is 83.1 Å². The number of carboxylic acid groups (broad SMARTS) is 1. The lowest BCUT2D eigenvalue weighted by molar-refractivity contribution is -0.142. The summed E-state index contributed by atoms with van der Waals surface area (Å²) in [6, 6.07) is 2.93. The van der Waals surface area contributed by atoms with Crippen LogP contribution in [0.4, 0.5) is 0 Å². The van der Waals surface area contributed by atoms with E-state index in [0.29, 0.717) is 19.4 Å². The average molecular weight is 547 g/mol. The van der Waals surface area contributed by atoms with Gasteiger partial charge in [0.1, 0.15) is 24.2 Å². The molecule has 3 amide bonds. The number of unbranched alkanes of at least 4 members (excludes halogenated alkanes) is 1. The van der Waals surface area contributed by atoms with E-state index in [4.69, 9.17) is 11.5 Å². The molecular weight excluding hydrogens is 504 g/mol. The number of fused-ring (bicyclic) bond motifs is 1. The third-order valence-electron chi connectivity index (χ3n) is 6.46. The third kappa shape index (κ3) is 9.65. The van der Waals surface area contributed by atoms with Crippen LogP contribution >= 0.6 is 0 Å². The number of aliphatic carboxylic acids is 1. The minimum atomic E-state index is -1.23. The van der Waals surface area contributed by atoms with Gasteiger partial charge in [0.05, 0.1) is 6.10 Å². The van der Waals surface area contributed by atoms with Crippen LogP contribution in [0.2, 0.25) is 0 Å². The van der Waals surface area contributed by atoms with Crippen LogP contribution in [0.1, 0.15) is 52.0 Å². The number of carbonyl (C=O) groups excluding carboxylic acids is 3. The van der Waals surface area contributed by atoms with E-state index in [0.717, 1.165) is 16.5 Å². The fourth-order valence-electron chi connectivity index (χ4n) is 4.22. The van der Waals surface area contributed by atoms with Crippen molar-refractivity contribution in [3.8, 4) is 0 Å². The molecular formula is C27H42N6O6. The van der Waals surface area contributed by atoms with Crippen molar-refractivity contribution >= 4 is 34.6 Å². The van der Waals surface area contributed by atoms with Gasteiger partial charge < -0.3 is 42.6 Å². The van der Waals surface area contributed by atoms with E-state index in [9.17, 15) is 29.4 Å². The number of hydrogen-bond acceptors (Lipinski definition) is 7. The second-order valence-electron chi connectivity index (χ2n) is 10.3. The highest BCUT2D eigenvalue weighted by Gasteiger charge is 2.31. The Bertz CT molecular complexity index is 1120. The second-order valence-corrected chi connectivity index (χ2v) is 10.3. The monoisotopic (exact) mass is 546 g/mol. The average Bonchev–Trinajstić information content (AvgIpc) is 3.29. The maximum atomic E-state index is 13.3. The molecule has 0 aliphatic rings. The molecule has 0 aliphatic carbocycles. The first-order valence-corrected chi connectivity index (χ1v) is 13.3. The molecule has 1 aromatic heterocycles. The lowest BCUT2D eigenvalue weighted by Gasteiger charge is -2.26. The largest absolute Gasteiger partial charge is 0.480 e. The molecule has 0 bridgehead atoms. The van der Waals surface area contributed by atoms with Crippen LogP contribution < -0.4 is 27.4 Å². The van der Waals surface area contributed by atoms with Crippen LogP contribution in [0, 0.1) is 5.92 Å². The minimum Gasteiger partial charge on any atom is -0.480 e. The number of para-hydroxylation sites is 1. The number of rotatable bonds is 16. The summed E-state index contributed by atoms with van der Waals surface area (Å²) in [5.41, 5.74) is 12.9. The number of nitrogens with one attached hydrogen (secondary N) is 4. The molecule has 1 heterocycles. The predicted octanol–water partition coefficient (Wildman–Crippen LogP) is 0.133.